The van der Waals surface area contributed by atoms with Crippen molar-refractivity contribution < 1.29 is 14.6 Å². The van der Waals surface area contributed by atoms with Crippen molar-refractivity contribution in [3.8, 4) is 5.75 Å². The Morgan fingerprint density at radius 2 is 2.10 bits per heavy atom. The number of benzene rings is 1. The van der Waals surface area contributed by atoms with Gasteiger partial charge in [0.1, 0.15) is 5.75 Å². The number of carbonyl (C=O) groups is 1. The summed E-state index contributed by atoms with van der Waals surface area (Å²) >= 11 is 0. The first-order valence-corrected chi connectivity index (χ1v) is 6.73. The summed E-state index contributed by atoms with van der Waals surface area (Å²) in [6.07, 6.45) is 0.422. The number of aromatic carboxylic acids is 1. The quantitative estimate of drug-likeness (QED) is 0.786. The summed E-state index contributed by atoms with van der Waals surface area (Å²) in [6.45, 7) is 3.33. The molecule has 0 amide bonds. The molecule has 7 nitrogen and oxygen atoms in total. The van der Waals surface area contributed by atoms with E-state index in [-0.39, 0.29) is 5.69 Å². The summed E-state index contributed by atoms with van der Waals surface area (Å²) in [5.74, 6) is -0.287. The van der Waals surface area contributed by atoms with E-state index in [1.165, 1.54) is 0 Å². The standard InChI is InChI=1S/C14H18N4O3/c1-2-21-11-5-3-10(4-6-11)9-18-12(7-8-15)13(14(19)20)16-17-18/h3-6H,2,7-9,15H2,1H3,(H,19,20). The molecule has 1 aromatic carbocycles. The lowest BCUT2D eigenvalue weighted by Crippen LogP contribution is -2.14. The first-order chi connectivity index (χ1) is 10.2. The van der Waals surface area contributed by atoms with Crippen molar-refractivity contribution in [3.05, 3.63) is 41.2 Å². The smallest absolute Gasteiger partial charge is 0.358 e. The highest BCUT2D eigenvalue weighted by atomic mass is 16.5. The van der Waals surface area contributed by atoms with E-state index in [0.717, 1.165) is 11.3 Å². The number of hydrogen-bond acceptors (Lipinski definition) is 5. The Kier molecular flexibility index (Phi) is 4.89. The van der Waals surface area contributed by atoms with E-state index in [4.69, 9.17) is 15.6 Å². The van der Waals surface area contributed by atoms with E-state index in [1.54, 1.807) is 4.68 Å². The number of nitrogens with two attached hydrogens (primary N) is 1. The third kappa shape index (κ3) is 3.57. The molecule has 21 heavy (non-hydrogen) atoms. The molecule has 0 atom stereocenters. The molecule has 0 spiro atoms. The molecule has 1 aromatic heterocycles. The van der Waals surface area contributed by atoms with Crippen molar-refractivity contribution in [1.82, 2.24) is 15.0 Å². The summed E-state index contributed by atoms with van der Waals surface area (Å²) in [5.41, 5.74) is 7.02. The van der Waals surface area contributed by atoms with E-state index >= 15 is 0 Å². The number of hydrogen-bond donors (Lipinski definition) is 2. The second-order valence-electron chi connectivity index (χ2n) is 4.46. The highest BCUT2D eigenvalue weighted by molar-refractivity contribution is 5.86. The van der Waals surface area contributed by atoms with Gasteiger partial charge in [-0.05, 0) is 31.2 Å². The molecule has 0 bridgehead atoms. The van der Waals surface area contributed by atoms with Crippen LogP contribution in [0, 0.1) is 0 Å². The van der Waals surface area contributed by atoms with Crippen LogP contribution < -0.4 is 10.5 Å². The molecule has 0 aliphatic carbocycles. The number of nitrogens with zero attached hydrogens (tertiary/aromatic N) is 3. The average molecular weight is 290 g/mol. The van der Waals surface area contributed by atoms with Crippen LogP contribution in [0.15, 0.2) is 24.3 Å². The van der Waals surface area contributed by atoms with Gasteiger partial charge in [0, 0.05) is 6.42 Å². The lowest BCUT2D eigenvalue weighted by atomic mass is 10.2. The van der Waals surface area contributed by atoms with Gasteiger partial charge in [-0.15, -0.1) is 5.10 Å². The lowest BCUT2D eigenvalue weighted by molar-refractivity contribution is 0.0689. The molecule has 0 saturated heterocycles. The number of rotatable bonds is 7. The largest absolute Gasteiger partial charge is 0.494 e. The number of aromatic nitrogens is 3. The molecule has 0 fully saturated rings. The van der Waals surface area contributed by atoms with Crippen molar-refractivity contribution in [2.75, 3.05) is 13.2 Å². The van der Waals surface area contributed by atoms with Gasteiger partial charge >= 0.3 is 5.97 Å². The van der Waals surface area contributed by atoms with Crippen LogP contribution in [-0.2, 0) is 13.0 Å². The van der Waals surface area contributed by atoms with Gasteiger partial charge in [0.25, 0.3) is 0 Å². The van der Waals surface area contributed by atoms with E-state index in [2.05, 4.69) is 10.3 Å². The van der Waals surface area contributed by atoms with Gasteiger partial charge in [-0.3, -0.25) is 0 Å². The Morgan fingerprint density at radius 1 is 1.38 bits per heavy atom. The average Bonchev–Trinajstić information content (AvgIpc) is 2.85. The molecule has 0 aliphatic rings. The predicted octanol–water partition coefficient (Wildman–Crippen LogP) is 0.924. The molecule has 2 rings (SSSR count). The monoisotopic (exact) mass is 290 g/mol. The molecule has 0 saturated carbocycles. The summed E-state index contributed by atoms with van der Waals surface area (Å²) in [5, 5.41) is 16.7. The fourth-order valence-corrected chi connectivity index (χ4v) is 2.04. The fraction of sp³-hybridized carbons (Fsp3) is 0.357. The zero-order valence-electron chi connectivity index (χ0n) is 11.8. The molecular formula is C14H18N4O3. The van der Waals surface area contributed by atoms with Crippen LogP contribution in [-0.4, -0.2) is 39.2 Å². The van der Waals surface area contributed by atoms with Crippen molar-refractivity contribution in [2.45, 2.75) is 19.9 Å². The van der Waals surface area contributed by atoms with E-state index in [0.29, 0.717) is 31.8 Å². The van der Waals surface area contributed by atoms with Gasteiger partial charge < -0.3 is 15.6 Å². The second kappa shape index (κ2) is 6.85. The van der Waals surface area contributed by atoms with E-state index in [9.17, 15) is 4.79 Å². The summed E-state index contributed by atoms with van der Waals surface area (Å²) < 4.78 is 6.96. The molecule has 1 heterocycles. The summed E-state index contributed by atoms with van der Waals surface area (Å²) in [6, 6.07) is 7.58. The van der Waals surface area contributed by atoms with Crippen LogP contribution in [0.1, 0.15) is 28.7 Å². The lowest BCUT2D eigenvalue weighted by Gasteiger charge is -2.07. The van der Waals surface area contributed by atoms with Crippen molar-refractivity contribution >= 4 is 5.97 Å². The third-order valence-electron chi connectivity index (χ3n) is 2.99. The maximum absolute atomic E-state index is 11.1. The van der Waals surface area contributed by atoms with Gasteiger partial charge in [-0.1, -0.05) is 17.3 Å². The maximum atomic E-state index is 11.1. The first-order valence-electron chi connectivity index (χ1n) is 6.73. The van der Waals surface area contributed by atoms with E-state index < -0.39 is 5.97 Å². The van der Waals surface area contributed by atoms with Crippen molar-refractivity contribution in [2.24, 2.45) is 5.73 Å². The minimum absolute atomic E-state index is 0.0358. The van der Waals surface area contributed by atoms with Crippen LogP contribution >= 0.6 is 0 Å². The third-order valence-corrected chi connectivity index (χ3v) is 2.99. The van der Waals surface area contributed by atoms with Crippen LogP contribution in [0.5, 0.6) is 5.75 Å². The second-order valence-corrected chi connectivity index (χ2v) is 4.46. The Labute approximate surface area is 122 Å². The van der Waals surface area contributed by atoms with Gasteiger partial charge in [0.15, 0.2) is 5.69 Å². The molecule has 0 aliphatic heterocycles. The van der Waals surface area contributed by atoms with E-state index in [1.807, 2.05) is 31.2 Å². The maximum Gasteiger partial charge on any atom is 0.358 e. The molecule has 0 radical (unpaired) electrons. The highest BCUT2D eigenvalue weighted by Crippen LogP contribution is 2.14. The molecule has 3 N–H and O–H groups in total. The normalized spacial score (nSPS) is 10.6. The molecule has 7 heteroatoms. The van der Waals surface area contributed by atoms with Crippen LogP contribution in [0.25, 0.3) is 0 Å². The Morgan fingerprint density at radius 3 is 2.67 bits per heavy atom. The minimum atomic E-state index is -1.09. The van der Waals surface area contributed by atoms with Gasteiger partial charge in [0.2, 0.25) is 0 Å². The van der Waals surface area contributed by atoms with Crippen LogP contribution in [0.4, 0.5) is 0 Å². The number of ether oxygens (including phenoxy) is 1. The highest BCUT2D eigenvalue weighted by Gasteiger charge is 2.18. The SMILES string of the molecule is CCOc1ccc(Cn2nnc(C(=O)O)c2CCN)cc1. The predicted molar refractivity (Wildman–Crippen MR) is 76.5 cm³/mol. The molecule has 0 unspecified atom stereocenters. The Bertz CT molecular complexity index is 607. The number of carboxylic acids is 1. The first kappa shape index (κ1) is 15.0. The number of carboxylic acid groups (broad SMARTS) is 1. The van der Waals surface area contributed by atoms with Crippen molar-refractivity contribution in [1.29, 1.82) is 0 Å². The zero-order chi connectivity index (χ0) is 15.2. The summed E-state index contributed by atoms with van der Waals surface area (Å²) in [7, 11) is 0. The molecule has 112 valence electrons. The fourth-order valence-electron chi connectivity index (χ4n) is 2.04. The van der Waals surface area contributed by atoms with Crippen LogP contribution in [0.3, 0.4) is 0 Å². The zero-order valence-corrected chi connectivity index (χ0v) is 11.8. The van der Waals surface area contributed by atoms with Gasteiger partial charge in [-0.25, -0.2) is 9.48 Å². The van der Waals surface area contributed by atoms with Gasteiger partial charge in [-0.2, -0.15) is 0 Å². The molecular weight excluding hydrogens is 272 g/mol. The Balaban J connectivity index is 2.20. The minimum Gasteiger partial charge on any atom is -0.494 e. The van der Waals surface area contributed by atoms with Gasteiger partial charge in [0.05, 0.1) is 18.8 Å². The van der Waals surface area contributed by atoms with Crippen molar-refractivity contribution in [3.63, 3.8) is 0 Å². The molecule has 2 aromatic rings. The topological polar surface area (TPSA) is 103 Å². The van der Waals surface area contributed by atoms with Crippen LogP contribution in [0.2, 0.25) is 0 Å². The summed E-state index contributed by atoms with van der Waals surface area (Å²) in [4.78, 5) is 11.1. The Hall–Kier alpha value is -2.41.